The van der Waals surface area contributed by atoms with E-state index in [0.29, 0.717) is 30.0 Å². The highest BCUT2D eigenvalue weighted by atomic mass is 16.5. The Morgan fingerprint density at radius 1 is 1.56 bits per heavy atom. The van der Waals surface area contributed by atoms with Gasteiger partial charge in [-0.15, -0.1) is 0 Å². The summed E-state index contributed by atoms with van der Waals surface area (Å²) in [5, 5.41) is 11.8. The second kappa shape index (κ2) is 6.98. The fourth-order valence-corrected chi connectivity index (χ4v) is 1.75. The number of rotatable bonds is 7. The number of anilines is 1. The third kappa shape index (κ3) is 3.45. The van der Waals surface area contributed by atoms with Crippen molar-refractivity contribution in [2.24, 2.45) is 0 Å². The van der Waals surface area contributed by atoms with E-state index in [1.165, 1.54) is 7.11 Å². The van der Waals surface area contributed by atoms with Crippen molar-refractivity contribution >= 4 is 11.5 Å². The molecule has 0 bridgehead atoms. The molecule has 4 N–H and O–H groups in total. The van der Waals surface area contributed by atoms with Crippen molar-refractivity contribution in [3.05, 3.63) is 23.8 Å². The molecule has 18 heavy (non-hydrogen) atoms. The van der Waals surface area contributed by atoms with Crippen molar-refractivity contribution in [2.75, 3.05) is 26.0 Å². The van der Waals surface area contributed by atoms with Crippen LogP contribution in [0.1, 0.15) is 23.7 Å². The zero-order valence-corrected chi connectivity index (χ0v) is 10.8. The summed E-state index contributed by atoms with van der Waals surface area (Å²) < 4.78 is 5.05. The Kier molecular flexibility index (Phi) is 5.61. The van der Waals surface area contributed by atoms with Crippen molar-refractivity contribution < 1.29 is 14.6 Å². The van der Waals surface area contributed by atoms with Gasteiger partial charge < -0.3 is 20.9 Å². The molecule has 1 atom stereocenters. The van der Waals surface area contributed by atoms with Gasteiger partial charge in [-0.3, -0.25) is 4.79 Å². The number of benzene rings is 1. The van der Waals surface area contributed by atoms with Crippen molar-refractivity contribution in [2.45, 2.75) is 19.4 Å². The zero-order valence-electron chi connectivity index (χ0n) is 10.8. The van der Waals surface area contributed by atoms with E-state index in [2.05, 4.69) is 5.32 Å². The lowest BCUT2D eigenvalue weighted by molar-refractivity contribution is 0.0937. The number of ketones is 1. The topological polar surface area (TPSA) is 84.6 Å². The summed E-state index contributed by atoms with van der Waals surface area (Å²) in [5.74, 6) is 0.531. The van der Waals surface area contributed by atoms with Crippen molar-refractivity contribution in [3.63, 3.8) is 0 Å². The largest absolute Gasteiger partial charge is 0.495 e. The Bertz CT molecular complexity index is 407. The second-order valence-electron chi connectivity index (χ2n) is 3.96. The molecular weight excluding hydrogens is 232 g/mol. The van der Waals surface area contributed by atoms with Crippen LogP contribution in [0.5, 0.6) is 5.75 Å². The standard InChI is InChI=1S/C13H20N2O3/c1-3-11(15-6-7-16)13(17)9-4-5-12(18-2)10(14)8-9/h4-5,8,11,15-16H,3,6-7,14H2,1-2H3. The van der Waals surface area contributed by atoms with Gasteiger partial charge in [-0.2, -0.15) is 0 Å². The number of carbonyl (C=O) groups is 1. The third-order valence-corrected chi connectivity index (χ3v) is 2.74. The molecule has 0 fully saturated rings. The van der Waals surface area contributed by atoms with Gasteiger partial charge in [-0.05, 0) is 24.6 Å². The maximum absolute atomic E-state index is 12.2. The first kappa shape index (κ1) is 14.5. The van der Waals surface area contributed by atoms with Gasteiger partial charge in [0.15, 0.2) is 5.78 Å². The fourth-order valence-electron chi connectivity index (χ4n) is 1.75. The van der Waals surface area contributed by atoms with E-state index >= 15 is 0 Å². The Morgan fingerprint density at radius 3 is 2.78 bits per heavy atom. The van der Waals surface area contributed by atoms with Crippen LogP contribution in [0.2, 0.25) is 0 Å². The van der Waals surface area contributed by atoms with Crippen LogP contribution in [0.4, 0.5) is 5.69 Å². The molecule has 100 valence electrons. The number of nitrogen functional groups attached to an aromatic ring is 1. The van der Waals surface area contributed by atoms with Gasteiger partial charge >= 0.3 is 0 Å². The molecule has 0 aliphatic rings. The highest BCUT2D eigenvalue weighted by Crippen LogP contribution is 2.22. The lowest BCUT2D eigenvalue weighted by Crippen LogP contribution is -2.37. The molecule has 5 nitrogen and oxygen atoms in total. The quantitative estimate of drug-likeness (QED) is 0.494. The molecule has 0 aromatic heterocycles. The third-order valence-electron chi connectivity index (χ3n) is 2.74. The van der Waals surface area contributed by atoms with E-state index in [1.807, 2.05) is 6.92 Å². The van der Waals surface area contributed by atoms with Gasteiger partial charge in [0.2, 0.25) is 0 Å². The van der Waals surface area contributed by atoms with E-state index in [-0.39, 0.29) is 18.4 Å². The first-order chi connectivity index (χ1) is 8.63. The number of hydrogen-bond donors (Lipinski definition) is 3. The van der Waals surface area contributed by atoms with Crippen molar-refractivity contribution in [3.8, 4) is 5.75 Å². The van der Waals surface area contributed by atoms with Gasteiger partial charge in [0.05, 0.1) is 25.4 Å². The van der Waals surface area contributed by atoms with E-state index < -0.39 is 0 Å². The van der Waals surface area contributed by atoms with Gasteiger partial charge in [0, 0.05) is 12.1 Å². The molecular formula is C13H20N2O3. The summed E-state index contributed by atoms with van der Waals surface area (Å²) in [7, 11) is 1.53. The van der Waals surface area contributed by atoms with Crippen LogP contribution in [-0.2, 0) is 0 Å². The predicted octanol–water partition coefficient (Wildman–Crippen LogP) is 0.821. The molecule has 1 unspecified atom stereocenters. The van der Waals surface area contributed by atoms with Gasteiger partial charge in [0.25, 0.3) is 0 Å². The van der Waals surface area contributed by atoms with E-state index in [1.54, 1.807) is 18.2 Å². The van der Waals surface area contributed by atoms with Crippen LogP contribution in [0.15, 0.2) is 18.2 Å². The molecule has 0 radical (unpaired) electrons. The summed E-state index contributed by atoms with van der Waals surface area (Å²) in [6.45, 7) is 2.32. The van der Waals surface area contributed by atoms with Crippen LogP contribution in [0.25, 0.3) is 0 Å². The van der Waals surface area contributed by atoms with E-state index in [9.17, 15) is 4.79 Å². The number of hydrogen-bond acceptors (Lipinski definition) is 5. The molecule has 0 aliphatic heterocycles. The molecule has 0 saturated carbocycles. The molecule has 0 spiro atoms. The normalized spacial score (nSPS) is 12.2. The minimum Gasteiger partial charge on any atom is -0.495 e. The summed E-state index contributed by atoms with van der Waals surface area (Å²) in [5.41, 5.74) is 6.77. The number of nitrogens with two attached hydrogens (primary N) is 1. The van der Waals surface area contributed by atoms with E-state index in [4.69, 9.17) is 15.6 Å². The Hall–Kier alpha value is -1.59. The number of Topliss-reactive ketones (excluding diaryl/α,β-unsaturated/α-hetero) is 1. The number of aliphatic hydroxyl groups excluding tert-OH is 1. The highest BCUT2D eigenvalue weighted by Gasteiger charge is 2.18. The average Bonchev–Trinajstić information content (AvgIpc) is 2.39. The van der Waals surface area contributed by atoms with Crippen LogP contribution < -0.4 is 15.8 Å². The number of carbonyl (C=O) groups excluding carboxylic acids is 1. The molecule has 0 saturated heterocycles. The number of ether oxygens (including phenoxy) is 1. The summed E-state index contributed by atoms with van der Waals surface area (Å²) in [4.78, 5) is 12.2. The Balaban J connectivity index is 2.84. The molecule has 5 heteroatoms. The number of methoxy groups -OCH3 is 1. The summed E-state index contributed by atoms with van der Waals surface area (Å²) in [6.07, 6.45) is 0.658. The zero-order chi connectivity index (χ0) is 13.5. The lowest BCUT2D eigenvalue weighted by Gasteiger charge is -2.15. The van der Waals surface area contributed by atoms with Crippen LogP contribution >= 0.6 is 0 Å². The first-order valence-corrected chi connectivity index (χ1v) is 5.96. The maximum Gasteiger partial charge on any atom is 0.179 e. The summed E-state index contributed by atoms with van der Waals surface area (Å²) in [6, 6.07) is 4.69. The van der Waals surface area contributed by atoms with Crippen LogP contribution in [0.3, 0.4) is 0 Å². The van der Waals surface area contributed by atoms with Crippen LogP contribution in [-0.4, -0.2) is 37.2 Å². The smallest absolute Gasteiger partial charge is 0.179 e. The van der Waals surface area contributed by atoms with E-state index in [0.717, 1.165) is 0 Å². The summed E-state index contributed by atoms with van der Waals surface area (Å²) >= 11 is 0. The van der Waals surface area contributed by atoms with Crippen molar-refractivity contribution in [1.82, 2.24) is 5.32 Å². The molecule has 0 amide bonds. The molecule has 1 aromatic carbocycles. The minimum absolute atomic E-state index is 0.00846. The first-order valence-electron chi connectivity index (χ1n) is 5.96. The van der Waals surface area contributed by atoms with Gasteiger partial charge in [0.1, 0.15) is 5.75 Å². The lowest BCUT2D eigenvalue weighted by atomic mass is 10.0. The molecule has 0 heterocycles. The number of aliphatic hydroxyl groups is 1. The number of nitrogens with one attached hydrogen (secondary N) is 1. The monoisotopic (exact) mass is 252 g/mol. The Morgan fingerprint density at radius 2 is 2.28 bits per heavy atom. The van der Waals surface area contributed by atoms with Gasteiger partial charge in [-0.1, -0.05) is 6.92 Å². The average molecular weight is 252 g/mol. The molecule has 0 aliphatic carbocycles. The fraction of sp³-hybridized carbons (Fsp3) is 0.462. The second-order valence-corrected chi connectivity index (χ2v) is 3.96. The molecule has 1 aromatic rings. The maximum atomic E-state index is 12.2. The van der Waals surface area contributed by atoms with Crippen LogP contribution in [0, 0.1) is 0 Å². The molecule has 1 rings (SSSR count). The SMILES string of the molecule is CCC(NCCO)C(=O)c1ccc(OC)c(N)c1. The van der Waals surface area contributed by atoms with Gasteiger partial charge in [-0.25, -0.2) is 0 Å². The van der Waals surface area contributed by atoms with Crippen molar-refractivity contribution in [1.29, 1.82) is 0 Å². The highest BCUT2D eigenvalue weighted by molar-refractivity contribution is 6.01. The Labute approximate surface area is 107 Å². The minimum atomic E-state index is -0.301. The predicted molar refractivity (Wildman–Crippen MR) is 70.9 cm³/mol.